The molecule has 5 heterocycles. The molecule has 0 radical (unpaired) electrons. The van der Waals surface area contributed by atoms with Crippen molar-refractivity contribution < 1.29 is 31.1 Å². The van der Waals surface area contributed by atoms with E-state index in [1.54, 1.807) is 6.08 Å². The normalized spacial score (nSPS) is 24.8. The summed E-state index contributed by atoms with van der Waals surface area (Å²) in [6, 6.07) is 1.90. The highest BCUT2D eigenvalue weighted by atomic mass is 19.4. The minimum atomic E-state index is -4.93. The number of ether oxygens (including phenoxy) is 1. The molecule has 2 N–H and O–H groups in total. The zero-order chi connectivity index (χ0) is 34.0. The van der Waals surface area contributed by atoms with Gasteiger partial charge in [-0.15, -0.1) is 5.73 Å². The van der Waals surface area contributed by atoms with E-state index in [0.29, 0.717) is 32.5 Å². The number of aromatic nitrogens is 4. The van der Waals surface area contributed by atoms with E-state index in [1.807, 2.05) is 11.8 Å². The van der Waals surface area contributed by atoms with Gasteiger partial charge >= 0.3 is 12.2 Å². The van der Waals surface area contributed by atoms with Gasteiger partial charge in [0.1, 0.15) is 29.9 Å². The number of nitrogens with zero attached hydrogens (tertiary/aromatic N) is 5. The van der Waals surface area contributed by atoms with Crippen LogP contribution in [-0.4, -0.2) is 81.6 Å². The van der Waals surface area contributed by atoms with Gasteiger partial charge in [-0.05, 0) is 63.4 Å². The quantitative estimate of drug-likeness (QED) is 0.169. The molecular formula is C34H35F6N7O. The number of benzene rings is 2. The number of fused-ring (bicyclic) bond motifs is 3. The summed E-state index contributed by atoms with van der Waals surface area (Å²) in [5.41, 5.74) is -0.937. The molecule has 254 valence electrons. The lowest BCUT2D eigenvalue weighted by Gasteiger charge is -2.38. The Balaban J connectivity index is 1.41. The number of aryl methyl sites for hydroxylation is 1. The van der Waals surface area contributed by atoms with E-state index in [4.69, 9.17) is 4.74 Å². The molecule has 0 bridgehead atoms. The number of hydrogen-bond donors (Lipinski definition) is 2. The summed E-state index contributed by atoms with van der Waals surface area (Å²) in [6.07, 6.45) is -0.594. The van der Waals surface area contributed by atoms with Gasteiger partial charge in [-0.2, -0.15) is 28.2 Å². The first kappa shape index (κ1) is 32.4. The Labute approximate surface area is 272 Å². The van der Waals surface area contributed by atoms with Crippen LogP contribution < -0.4 is 15.0 Å². The van der Waals surface area contributed by atoms with E-state index in [2.05, 4.69) is 42.7 Å². The first-order valence-electron chi connectivity index (χ1n) is 16.0. The van der Waals surface area contributed by atoms with E-state index in [-0.39, 0.29) is 64.3 Å². The van der Waals surface area contributed by atoms with Crippen LogP contribution in [0, 0.1) is 18.6 Å². The summed E-state index contributed by atoms with van der Waals surface area (Å²) in [5, 5.41) is 9.84. The van der Waals surface area contributed by atoms with Crippen molar-refractivity contribution in [2.24, 2.45) is 0 Å². The third-order valence-corrected chi connectivity index (χ3v) is 9.85. The molecule has 7 rings (SSSR count). The number of alkyl halides is 4. The predicted molar refractivity (Wildman–Crippen MR) is 170 cm³/mol. The molecule has 0 spiro atoms. The van der Waals surface area contributed by atoms with Crippen LogP contribution in [-0.2, 0) is 6.18 Å². The Kier molecular flexibility index (Phi) is 8.16. The van der Waals surface area contributed by atoms with Gasteiger partial charge in [-0.1, -0.05) is 6.58 Å². The van der Waals surface area contributed by atoms with Crippen molar-refractivity contribution in [1.82, 2.24) is 30.4 Å². The van der Waals surface area contributed by atoms with Crippen molar-refractivity contribution >= 4 is 27.6 Å². The van der Waals surface area contributed by atoms with Crippen molar-refractivity contribution in [2.45, 2.75) is 69.5 Å². The molecular weight excluding hydrogens is 636 g/mol. The van der Waals surface area contributed by atoms with Gasteiger partial charge in [0.05, 0.1) is 28.4 Å². The first-order chi connectivity index (χ1) is 22.9. The van der Waals surface area contributed by atoms with Gasteiger partial charge in [-0.3, -0.25) is 10.00 Å². The number of nitrogens with one attached hydrogen (secondary N) is 2. The van der Waals surface area contributed by atoms with E-state index < -0.39 is 46.2 Å². The van der Waals surface area contributed by atoms with Gasteiger partial charge in [0.25, 0.3) is 0 Å². The van der Waals surface area contributed by atoms with Crippen LogP contribution in [0.15, 0.2) is 36.7 Å². The van der Waals surface area contributed by atoms with Crippen molar-refractivity contribution in [3.05, 3.63) is 59.5 Å². The van der Waals surface area contributed by atoms with Crippen molar-refractivity contribution in [3.8, 4) is 17.1 Å². The van der Waals surface area contributed by atoms with Crippen molar-refractivity contribution in [2.75, 3.05) is 37.7 Å². The summed E-state index contributed by atoms with van der Waals surface area (Å²) < 4.78 is 97.5. The number of H-pyrrole nitrogens is 1. The van der Waals surface area contributed by atoms with Crippen molar-refractivity contribution in [1.29, 1.82) is 0 Å². The fourth-order valence-electron chi connectivity index (χ4n) is 7.91. The van der Waals surface area contributed by atoms with Crippen LogP contribution in [0.2, 0.25) is 0 Å². The molecule has 4 atom stereocenters. The molecule has 2 aromatic carbocycles. The Morgan fingerprint density at radius 2 is 1.96 bits per heavy atom. The highest BCUT2D eigenvalue weighted by Crippen LogP contribution is 2.46. The number of rotatable bonds is 7. The minimum absolute atomic E-state index is 0.0109. The molecule has 3 saturated heterocycles. The van der Waals surface area contributed by atoms with Gasteiger partial charge in [0.2, 0.25) is 0 Å². The van der Waals surface area contributed by atoms with Crippen LogP contribution in [0.25, 0.3) is 32.9 Å². The summed E-state index contributed by atoms with van der Waals surface area (Å²) in [7, 11) is 0. The lowest BCUT2D eigenvalue weighted by Crippen LogP contribution is -2.55. The maximum atomic E-state index is 16.9. The monoisotopic (exact) mass is 671 g/mol. The summed E-state index contributed by atoms with van der Waals surface area (Å²) in [4.78, 5) is 12.9. The Morgan fingerprint density at radius 3 is 2.73 bits per heavy atom. The standard InChI is InChI=1S/C34H35F6N7O/c1-4-5-7-21-16-46(14-19(3)42-21)31-22-11-24(36)27(26-23-13-41-45-25(23)10-18(2)28(26)34(38,39)40)29(37)30(22)43-32(44-31)48-17-33-8-6-9-47(33)15-20(35)12-33/h5,10-11,13,19-21,42H,1,6-9,12,14-17H2,2-3H3,(H,41,45)/t19-,20-,21-,33+/m1/s1. The molecule has 2 aromatic heterocycles. The molecule has 8 nitrogen and oxygen atoms in total. The Morgan fingerprint density at radius 1 is 1.15 bits per heavy atom. The molecule has 4 aromatic rings. The number of halogens is 6. The molecule has 3 fully saturated rings. The highest BCUT2D eigenvalue weighted by molar-refractivity contribution is 6.01. The third kappa shape index (κ3) is 5.59. The molecule has 0 saturated carbocycles. The van der Waals surface area contributed by atoms with E-state index in [1.165, 1.54) is 13.0 Å². The van der Waals surface area contributed by atoms with Gasteiger partial charge in [0, 0.05) is 54.5 Å². The molecule has 3 aliphatic heterocycles. The zero-order valence-electron chi connectivity index (χ0n) is 26.5. The molecule has 0 aliphatic carbocycles. The predicted octanol–water partition coefficient (Wildman–Crippen LogP) is 6.63. The second kappa shape index (κ2) is 12.1. The minimum Gasteiger partial charge on any atom is -0.461 e. The van der Waals surface area contributed by atoms with Gasteiger partial charge < -0.3 is 15.0 Å². The molecule has 3 aliphatic rings. The highest BCUT2D eigenvalue weighted by Gasteiger charge is 2.49. The van der Waals surface area contributed by atoms with E-state index >= 15 is 8.78 Å². The molecule has 48 heavy (non-hydrogen) atoms. The first-order valence-corrected chi connectivity index (χ1v) is 16.0. The van der Waals surface area contributed by atoms with Gasteiger partial charge in [-0.25, -0.2) is 13.2 Å². The summed E-state index contributed by atoms with van der Waals surface area (Å²) >= 11 is 0. The van der Waals surface area contributed by atoms with Crippen LogP contribution in [0.3, 0.4) is 0 Å². The van der Waals surface area contributed by atoms with Crippen LogP contribution in [0.1, 0.15) is 43.7 Å². The van der Waals surface area contributed by atoms with Crippen LogP contribution >= 0.6 is 0 Å². The zero-order valence-corrected chi connectivity index (χ0v) is 26.5. The van der Waals surface area contributed by atoms with E-state index in [9.17, 15) is 17.6 Å². The van der Waals surface area contributed by atoms with E-state index in [0.717, 1.165) is 25.2 Å². The molecule has 14 heteroatoms. The lowest BCUT2D eigenvalue weighted by molar-refractivity contribution is -0.137. The average molecular weight is 672 g/mol. The average Bonchev–Trinajstić information content (AvgIpc) is 3.72. The number of hydrogen-bond acceptors (Lipinski definition) is 7. The Hall–Kier alpha value is -4.13. The fourth-order valence-corrected chi connectivity index (χ4v) is 7.91. The number of piperazine rings is 1. The summed E-state index contributed by atoms with van der Waals surface area (Å²) in [6.45, 7) is 8.70. The molecule has 0 unspecified atom stereocenters. The van der Waals surface area contributed by atoms with Crippen LogP contribution in [0.5, 0.6) is 6.01 Å². The second-order valence-electron chi connectivity index (χ2n) is 13.2. The topological polar surface area (TPSA) is 82.2 Å². The van der Waals surface area contributed by atoms with Gasteiger partial charge in [0.15, 0.2) is 5.82 Å². The SMILES string of the molecule is C=C=CC[C@@H]1CN(c2nc(OC[C@@]34CCCN3C[C@H](F)C4)nc3c(F)c(-c4c(C(F)(F)F)c(C)cc5[nH]ncc45)c(F)cc23)C[C@@H](C)N1. The number of aromatic amines is 1. The maximum Gasteiger partial charge on any atom is 0.417 e. The van der Waals surface area contributed by atoms with Crippen molar-refractivity contribution in [3.63, 3.8) is 0 Å². The Bertz CT molecular complexity index is 1940. The fraction of sp³-hybridized carbons (Fsp3) is 0.471. The largest absolute Gasteiger partial charge is 0.461 e. The second-order valence-corrected chi connectivity index (χ2v) is 13.2. The molecule has 0 amide bonds. The lowest BCUT2D eigenvalue weighted by atomic mass is 9.91. The maximum absolute atomic E-state index is 16.9. The third-order valence-electron chi connectivity index (χ3n) is 9.85. The summed E-state index contributed by atoms with van der Waals surface area (Å²) in [5.74, 6) is -2.30. The smallest absolute Gasteiger partial charge is 0.417 e. The van der Waals surface area contributed by atoms with Crippen LogP contribution in [0.4, 0.5) is 32.2 Å². The number of anilines is 1.